The van der Waals surface area contributed by atoms with E-state index in [0.29, 0.717) is 0 Å². The maximum absolute atomic E-state index is 4.01. The highest BCUT2D eigenvalue weighted by Crippen LogP contribution is 2.40. The van der Waals surface area contributed by atoms with Gasteiger partial charge >= 0.3 is 0 Å². The van der Waals surface area contributed by atoms with E-state index < -0.39 is 0 Å². The molecule has 0 aliphatic carbocycles. The molecule has 0 amide bonds. The van der Waals surface area contributed by atoms with Gasteiger partial charge in [-0.2, -0.15) is 0 Å². The lowest BCUT2D eigenvalue weighted by Crippen LogP contribution is -2.10. The molecular weight excluding hydrogens is 749 g/mol. The highest BCUT2D eigenvalue weighted by atomic mass is 15.1. The average Bonchev–Trinajstić information content (AvgIpc) is 3.36. The Morgan fingerprint density at radius 2 is 0.500 bits per heavy atom. The molecule has 296 valence electrons. The predicted octanol–water partition coefficient (Wildman–Crippen LogP) is 17.0. The second kappa shape index (κ2) is 18.4. The van der Waals surface area contributed by atoms with E-state index in [4.69, 9.17) is 0 Å². The molecule has 9 aromatic carbocycles. The van der Waals surface area contributed by atoms with Crippen LogP contribution in [0.5, 0.6) is 0 Å². The van der Waals surface area contributed by atoms with Crippen LogP contribution in [0.2, 0.25) is 0 Å². The zero-order valence-corrected chi connectivity index (χ0v) is 34.6. The molecule has 62 heavy (non-hydrogen) atoms. The summed E-state index contributed by atoms with van der Waals surface area (Å²) in [4.78, 5) is 4.63. The van der Waals surface area contributed by atoms with Crippen molar-refractivity contribution in [2.24, 2.45) is 0 Å². The van der Waals surface area contributed by atoms with Gasteiger partial charge in [0.1, 0.15) is 0 Å². The summed E-state index contributed by atoms with van der Waals surface area (Å²) in [5.74, 6) is 0. The van der Waals surface area contributed by atoms with E-state index in [0.717, 1.165) is 56.4 Å². The second-order valence-corrected chi connectivity index (χ2v) is 15.1. The van der Waals surface area contributed by atoms with Crippen molar-refractivity contribution in [3.8, 4) is 44.5 Å². The van der Waals surface area contributed by atoms with Crippen LogP contribution in [0.1, 0.15) is 5.56 Å². The van der Waals surface area contributed by atoms with Crippen LogP contribution < -0.4 is 9.80 Å². The normalized spacial score (nSPS) is 11.1. The summed E-state index contributed by atoms with van der Waals surface area (Å²) in [6.07, 6.45) is 5.65. The lowest BCUT2D eigenvalue weighted by molar-refractivity contribution is 1.28. The Morgan fingerprint density at radius 3 is 0.726 bits per heavy atom. The van der Waals surface area contributed by atoms with E-state index in [1.165, 1.54) is 33.4 Å². The number of nitrogens with zero attached hydrogens (tertiary/aromatic N) is 2. The summed E-state index contributed by atoms with van der Waals surface area (Å²) in [5.41, 5.74) is 18.1. The summed E-state index contributed by atoms with van der Waals surface area (Å²) in [6, 6.07) is 84.4. The maximum Gasteiger partial charge on any atom is 0.0462 e. The largest absolute Gasteiger partial charge is 0.311 e. The fraction of sp³-hybridized carbons (Fsp3) is 0. The average molecular weight is 795 g/mol. The third-order valence-electron chi connectivity index (χ3n) is 11.3. The molecule has 0 bridgehead atoms. The van der Waals surface area contributed by atoms with Crippen LogP contribution in [-0.4, -0.2) is 0 Å². The van der Waals surface area contributed by atoms with E-state index in [1.54, 1.807) is 6.08 Å². The molecule has 0 aromatic heterocycles. The van der Waals surface area contributed by atoms with Crippen LogP contribution in [0.4, 0.5) is 34.1 Å². The fourth-order valence-electron chi connectivity index (χ4n) is 8.01. The van der Waals surface area contributed by atoms with Gasteiger partial charge in [0, 0.05) is 34.1 Å². The molecule has 0 fully saturated rings. The van der Waals surface area contributed by atoms with Gasteiger partial charge in [-0.05, 0) is 128 Å². The van der Waals surface area contributed by atoms with Crippen molar-refractivity contribution in [3.05, 3.63) is 274 Å². The van der Waals surface area contributed by atoms with Crippen molar-refractivity contribution in [1.29, 1.82) is 0 Å². The fourth-order valence-corrected chi connectivity index (χ4v) is 8.01. The number of hydrogen-bond donors (Lipinski definition) is 0. The van der Waals surface area contributed by atoms with Crippen molar-refractivity contribution >= 4 is 39.7 Å². The summed E-state index contributed by atoms with van der Waals surface area (Å²) in [5, 5.41) is 0. The number of rotatable bonds is 13. The Kier molecular flexibility index (Phi) is 11.6. The van der Waals surface area contributed by atoms with Crippen LogP contribution in [0.15, 0.2) is 268 Å². The lowest BCUT2D eigenvalue weighted by Gasteiger charge is -2.27. The van der Waals surface area contributed by atoms with Gasteiger partial charge in [0.05, 0.1) is 0 Å². The zero-order chi connectivity index (χ0) is 42.1. The molecule has 9 rings (SSSR count). The first-order chi connectivity index (χ1) is 30.6. The Labute approximate surface area is 366 Å². The van der Waals surface area contributed by atoms with Crippen molar-refractivity contribution in [1.82, 2.24) is 0 Å². The monoisotopic (exact) mass is 794 g/mol. The first-order valence-electron chi connectivity index (χ1n) is 21.0. The van der Waals surface area contributed by atoms with Gasteiger partial charge in [-0.1, -0.05) is 195 Å². The SMILES string of the molecule is C=C/C=C(\C=C)c1ccc(N(c2ccc(-c3ccccc3)cc2)c2ccc(-c3ccc(N(c4ccc(-c5ccccc5)cc4)c4ccc(-c5ccccc5)cc4)cc3)cc2)cc1. The maximum atomic E-state index is 4.01. The van der Waals surface area contributed by atoms with Crippen LogP contribution in [0.25, 0.3) is 50.1 Å². The first kappa shape index (κ1) is 39.3. The zero-order valence-electron chi connectivity index (χ0n) is 34.6. The predicted molar refractivity (Wildman–Crippen MR) is 266 cm³/mol. The van der Waals surface area contributed by atoms with Gasteiger partial charge in [-0.25, -0.2) is 0 Å². The molecule has 0 radical (unpaired) electrons. The molecule has 0 aliphatic rings. The van der Waals surface area contributed by atoms with Crippen molar-refractivity contribution in [2.75, 3.05) is 9.80 Å². The highest BCUT2D eigenvalue weighted by Gasteiger charge is 2.16. The molecule has 0 spiro atoms. The molecule has 0 aliphatic heterocycles. The highest BCUT2D eigenvalue weighted by molar-refractivity contribution is 5.84. The number of anilines is 6. The van der Waals surface area contributed by atoms with Crippen LogP contribution >= 0.6 is 0 Å². The van der Waals surface area contributed by atoms with E-state index >= 15 is 0 Å². The molecule has 9 aromatic rings. The first-order valence-corrected chi connectivity index (χ1v) is 21.0. The van der Waals surface area contributed by atoms with Gasteiger partial charge in [0.2, 0.25) is 0 Å². The van der Waals surface area contributed by atoms with Gasteiger partial charge < -0.3 is 9.80 Å². The standard InChI is InChI=1S/C60H46N2/c1-3-14-45(4-2)49-21-33-55(34-22-49)61(56-35-23-50(24-36-56)46-15-8-5-9-16-46)59-41-29-53(30-42-59)54-31-43-60(44-32-54)62(57-37-25-51(26-38-57)47-17-10-6-11-18-47)58-39-27-52(28-40-58)48-19-12-7-13-20-48/h3-44H,1-2H2/b45-14+. The van der Waals surface area contributed by atoms with E-state index in [1.807, 2.05) is 12.2 Å². The molecule has 0 unspecified atom stereocenters. The van der Waals surface area contributed by atoms with E-state index in [9.17, 15) is 0 Å². The quantitative estimate of drug-likeness (QED) is 0.107. The molecule has 0 saturated carbocycles. The number of benzene rings is 9. The van der Waals surface area contributed by atoms with E-state index in [2.05, 4.69) is 260 Å². The van der Waals surface area contributed by atoms with E-state index in [-0.39, 0.29) is 0 Å². The summed E-state index contributed by atoms with van der Waals surface area (Å²) in [6.45, 7) is 7.89. The molecule has 2 nitrogen and oxygen atoms in total. The van der Waals surface area contributed by atoms with Gasteiger partial charge in [0.15, 0.2) is 0 Å². The molecule has 0 atom stereocenters. The van der Waals surface area contributed by atoms with Gasteiger partial charge in [-0.3, -0.25) is 0 Å². The Bertz CT molecular complexity index is 2810. The van der Waals surface area contributed by atoms with Crippen LogP contribution in [-0.2, 0) is 0 Å². The molecule has 0 saturated heterocycles. The Morgan fingerprint density at radius 1 is 0.274 bits per heavy atom. The third kappa shape index (κ3) is 8.58. The lowest BCUT2D eigenvalue weighted by atomic mass is 10.0. The minimum Gasteiger partial charge on any atom is -0.311 e. The Hall–Kier alpha value is -8.20. The number of allylic oxidation sites excluding steroid dienone is 4. The van der Waals surface area contributed by atoms with Crippen LogP contribution in [0, 0.1) is 0 Å². The van der Waals surface area contributed by atoms with Gasteiger partial charge in [0.25, 0.3) is 0 Å². The van der Waals surface area contributed by atoms with Crippen molar-refractivity contribution in [2.45, 2.75) is 0 Å². The van der Waals surface area contributed by atoms with Gasteiger partial charge in [-0.15, -0.1) is 0 Å². The van der Waals surface area contributed by atoms with Crippen molar-refractivity contribution in [3.63, 3.8) is 0 Å². The molecule has 2 heteroatoms. The molecular formula is C60H46N2. The number of hydrogen-bond acceptors (Lipinski definition) is 2. The smallest absolute Gasteiger partial charge is 0.0462 e. The molecule has 0 N–H and O–H groups in total. The topological polar surface area (TPSA) is 6.48 Å². The van der Waals surface area contributed by atoms with Crippen LogP contribution in [0.3, 0.4) is 0 Å². The minimum atomic E-state index is 1.03. The summed E-state index contributed by atoms with van der Waals surface area (Å²) >= 11 is 0. The van der Waals surface area contributed by atoms with Crippen molar-refractivity contribution < 1.29 is 0 Å². The third-order valence-corrected chi connectivity index (χ3v) is 11.3. The molecule has 0 heterocycles. The Balaban J connectivity index is 1.03. The minimum absolute atomic E-state index is 1.03. The second-order valence-electron chi connectivity index (χ2n) is 15.1. The summed E-state index contributed by atoms with van der Waals surface area (Å²) < 4.78 is 0. The summed E-state index contributed by atoms with van der Waals surface area (Å²) in [7, 11) is 0.